The van der Waals surface area contributed by atoms with Crippen LogP contribution in [0.4, 0.5) is 40.7 Å². The zero-order valence-electron chi connectivity index (χ0n) is 81.2. The molecule has 9 aliphatic rings. The smallest absolute Gasteiger partial charge is 0.408 e. The van der Waals surface area contributed by atoms with Gasteiger partial charge in [-0.25, -0.2) is 90.7 Å². The predicted molar refractivity (Wildman–Crippen MR) is 491 cm³/mol. The first kappa shape index (κ1) is 110. The van der Waals surface area contributed by atoms with Crippen LogP contribution in [0.15, 0.2) is 104 Å². The van der Waals surface area contributed by atoms with Crippen LogP contribution in [0.2, 0.25) is 0 Å². The molecule has 32 nitrogen and oxygen atoms in total. The summed E-state index contributed by atoms with van der Waals surface area (Å²) in [4.78, 5) is 156. The molecule has 6 fully saturated rings. The second kappa shape index (κ2) is 44.7. The van der Waals surface area contributed by atoms with Crippen molar-refractivity contribution in [3.63, 3.8) is 0 Å². The SMILES string of the molecule is CC[C@@H]1[C@@H]2CN(C(=O)[C@H](C(C)(C)C)NC(=O)O[C@@H]3C[C@H]3CCCCC(F)(F)c3cc4ccc(Oc5ccncn5)cc4nc3O2)[C@@H]1[C-]=O.CC[C@@H]1[C@@H]2CN(C(=O)[C@H](C(C)(C)C)NC(=O)O[C@]3(C)C[C@H]3CCCCC(F)(F)c3nc4ccc(C#N)cc4nc3O2)[C@@H]1[C-]=O.C[C@@H]1[C@@H]2CN(C(=O)[C@H](C(C)(C)C)NC(=O)O[C@@H]3C[C@H]3CCCCC(F)(F)c3cc4ccc(Oc5ccncn5)cc4nc3O2)[C@@H]1[C-]=O.[V].[V].[V]. The quantitative estimate of drug-likeness (QED) is 0.0686. The number of nitrogens with zero attached hydrogens (tertiary/aromatic N) is 12. The molecule has 11 heterocycles. The summed E-state index contributed by atoms with van der Waals surface area (Å²) in [6.45, 7) is 23.0. The van der Waals surface area contributed by atoms with E-state index in [4.69, 9.17) is 37.9 Å². The number of alkyl carbamates (subject to hydrolysis) is 3. The Morgan fingerprint density at radius 2 is 0.894 bits per heavy atom. The molecule has 3 aromatic carbocycles. The van der Waals surface area contributed by atoms with Crippen LogP contribution < -0.4 is 39.6 Å². The minimum absolute atomic E-state index is 0. The molecule has 3 saturated heterocycles. The van der Waals surface area contributed by atoms with E-state index in [9.17, 15) is 48.4 Å². The molecule has 6 aliphatic heterocycles. The van der Waals surface area contributed by atoms with Gasteiger partial charge in [-0.2, -0.15) is 14.0 Å². The number of alkyl halides is 6. The molecule has 3 N–H and O–H groups in total. The van der Waals surface area contributed by atoms with Gasteiger partial charge >= 0.3 is 18.3 Å². The molecule has 3 saturated carbocycles. The van der Waals surface area contributed by atoms with Crippen LogP contribution in [-0.4, -0.2) is 201 Å². The standard InChI is InChI=1S/C35H40F2N5O6.C34H38F2N5O6.C32H38F2N5O5.3V/c1-5-23-26(18-43)42-17-28(23)47-31-24(14-20-9-10-22(16-25(20)40-31)46-29-11-13-38-19-39-29)35(36,37)12-7-6-8-21-15-27(21)48-33(45)41-30(32(42)44)34(2,3)4;1-19-25(17-42)41-16-27(19)46-30-23(13-20-8-9-22(15-24(20)39-30)45-28-10-12-37-18-38-28)34(35,36)11-6-5-7-21-14-26(21)47-32(44)40-29(31(41)43)33(2,3)4;1-6-20-23(17-40)39-16-24(20)43-27-25(36-21-11-10-18(15-35)13-22(21)37-27)32(33,34)12-8-7-9-19-14-31(19,5)44-29(42)38-26(28(39)41)30(2,3)4;;;/h9-11,13-14,16,19,21,23,26-28,30H,5-8,12,15,17H2,1-4H3,(H,41,45);8-10,12-13,15,18-19,21,25-27,29H,5-7,11,14,16H2,1-4H3,(H,40,44);10-11,13,19-20,23-24,26H,6-9,12,14,16H2,1-5H3,(H,38,42);;;/q3*-1;;;/t21-,23+,26-,27-,28+,30-;19-,21+,25+,26+,27-,29+;19-,20+,23-,24+,26-,31-;;;/m101.../s1. The molecule has 17 rings (SSSR count). The molecule has 8 aromatic rings. The summed E-state index contributed by atoms with van der Waals surface area (Å²) in [7, 11) is 0. The number of nitrogens with one attached hydrogen (secondary N) is 3. The summed E-state index contributed by atoms with van der Waals surface area (Å²) in [6.07, 6.45) is 11.5. The predicted octanol–water partition coefficient (Wildman–Crippen LogP) is 17.0. The summed E-state index contributed by atoms with van der Waals surface area (Å²) in [5.74, 6) is -12.7. The first-order chi connectivity index (χ1) is 65.9. The molecule has 3 aliphatic carbocycles. The van der Waals surface area contributed by atoms with Crippen molar-refractivity contribution in [2.75, 3.05) is 19.6 Å². The van der Waals surface area contributed by atoms with Crippen LogP contribution in [0, 0.1) is 63.1 Å². The minimum Gasteiger partial charge on any atom is -0.540 e. The number of pyridine rings is 2. The number of rotatable bonds is 9. The molecule has 3 radical (unpaired) electrons. The molecule has 18 atom stereocenters. The van der Waals surface area contributed by atoms with Gasteiger partial charge in [-0.05, 0) is 165 Å². The molecule has 41 heteroatoms. The van der Waals surface area contributed by atoms with Crippen molar-refractivity contribution in [3.8, 4) is 47.0 Å². The summed E-state index contributed by atoms with van der Waals surface area (Å²) in [5.41, 5.74) is -2.96. The Bertz CT molecular complexity index is 5970. The average Bonchev–Trinajstić information content (AvgIpc) is 1.60. The number of ether oxygens (including phenoxy) is 8. The average molecular weight is 2080 g/mol. The van der Waals surface area contributed by atoms with Crippen LogP contribution in [0.3, 0.4) is 0 Å². The molecule has 6 amide bonds. The van der Waals surface area contributed by atoms with Gasteiger partial charge in [0.25, 0.3) is 17.8 Å². The molecule has 757 valence electrons. The van der Waals surface area contributed by atoms with Gasteiger partial charge in [0.05, 0.1) is 64.5 Å². The first-order valence-corrected chi connectivity index (χ1v) is 47.5. The number of hydrogen-bond donors (Lipinski definition) is 3. The Balaban J connectivity index is 0.000000188. The van der Waals surface area contributed by atoms with Gasteiger partial charge in [0.15, 0.2) is 5.69 Å². The maximum absolute atomic E-state index is 16.1. The summed E-state index contributed by atoms with van der Waals surface area (Å²) in [6, 6.07) is 15.9. The summed E-state index contributed by atoms with van der Waals surface area (Å²) >= 11 is 0. The van der Waals surface area contributed by atoms with E-state index in [0.717, 1.165) is 0 Å². The zero-order chi connectivity index (χ0) is 99.8. The van der Waals surface area contributed by atoms with Gasteiger partial charge in [-0.1, -0.05) is 133 Å². The van der Waals surface area contributed by atoms with Crippen molar-refractivity contribution in [2.24, 2.45) is 51.8 Å². The second-order valence-corrected chi connectivity index (χ2v) is 41.2. The van der Waals surface area contributed by atoms with Gasteiger partial charge in [-0.3, -0.25) is 14.4 Å². The third-order valence-corrected chi connectivity index (χ3v) is 27.9. The van der Waals surface area contributed by atoms with Gasteiger partial charge in [-0.15, -0.1) is 0 Å². The van der Waals surface area contributed by atoms with E-state index in [1.54, 1.807) is 132 Å². The fourth-order valence-electron chi connectivity index (χ4n) is 19.4. The number of hydrogen-bond acceptors (Lipinski definition) is 26. The van der Waals surface area contributed by atoms with Crippen molar-refractivity contribution < 1.29 is 163 Å². The molecule has 6 bridgehead atoms. The third-order valence-electron chi connectivity index (χ3n) is 27.9. The Kier molecular flexibility index (Phi) is 34.6. The topological polar surface area (TPSA) is 400 Å². The van der Waals surface area contributed by atoms with Gasteiger partial charge in [0.2, 0.25) is 47.1 Å². The van der Waals surface area contributed by atoms with Gasteiger partial charge in [0, 0.05) is 128 Å². The Morgan fingerprint density at radius 1 is 0.479 bits per heavy atom. The van der Waals surface area contributed by atoms with Crippen molar-refractivity contribution in [1.82, 2.24) is 70.5 Å². The second-order valence-electron chi connectivity index (χ2n) is 41.2. The largest absolute Gasteiger partial charge is 0.540 e. The third kappa shape index (κ3) is 25.1. The van der Waals surface area contributed by atoms with Crippen LogP contribution >= 0.6 is 0 Å². The number of fused-ring (bicyclic) bond motifs is 15. The maximum Gasteiger partial charge on any atom is 0.408 e. The molecular weight excluding hydrogens is 1960 g/mol. The fourth-order valence-corrected chi connectivity index (χ4v) is 19.4. The van der Waals surface area contributed by atoms with E-state index in [1.165, 1.54) is 70.1 Å². The van der Waals surface area contributed by atoms with Crippen LogP contribution in [0.25, 0.3) is 32.8 Å². The molecular formula is C101H116F6N15O17V3-3. The van der Waals surface area contributed by atoms with Gasteiger partial charge in [0.1, 0.15) is 78.4 Å². The number of halogens is 6. The van der Waals surface area contributed by atoms with Crippen LogP contribution in [-0.2, 0) is 116 Å². The fraction of sp³-hybridized carbons (Fsp3) is 0.564. The number of nitriles is 1. The van der Waals surface area contributed by atoms with Crippen molar-refractivity contribution in [1.29, 1.82) is 5.26 Å². The summed E-state index contributed by atoms with van der Waals surface area (Å²) in [5, 5.41) is 18.5. The molecule has 0 unspecified atom stereocenters. The zero-order valence-corrected chi connectivity index (χ0v) is 85.4. The molecule has 5 aromatic heterocycles. The molecule has 0 spiro atoms. The van der Waals surface area contributed by atoms with Crippen molar-refractivity contribution >= 4 is 87.7 Å². The number of amides is 6. The number of carbonyl (C=O) groups excluding carboxylic acids is 9. The summed E-state index contributed by atoms with van der Waals surface area (Å²) < 4.78 is 143. The molecule has 142 heavy (non-hydrogen) atoms. The number of aromatic nitrogens is 8. The Hall–Kier alpha value is -11.0. The van der Waals surface area contributed by atoms with E-state index < -0.39 is 179 Å². The number of benzene rings is 3. The Labute approximate surface area is 855 Å². The van der Waals surface area contributed by atoms with Crippen LogP contribution in [0.5, 0.6) is 40.9 Å². The van der Waals surface area contributed by atoms with Gasteiger partial charge < -0.3 is 82.9 Å². The van der Waals surface area contributed by atoms with Crippen molar-refractivity contribution in [2.45, 2.75) is 289 Å². The van der Waals surface area contributed by atoms with E-state index in [2.05, 4.69) is 55.8 Å². The monoisotopic (exact) mass is 2080 g/mol. The van der Waals surface area contributed by atoms with E-state index >= 15 is 26.3 Å². The van der Waals surface area contributed by atoms with Crippen molar-refractivity contribution in [3.05, 3.63) is 126 Å². The Morgan fingerprint density at radius 3 is 1.32 bits per heavy atom. The normalized spacial score (nSPS) is 28.2. The maximum atomic E-state index is 16.1. The van der Waals surface area contributed by atoms with E-state index in [1.807, 2.05) is 31.9 Å². The number of carbonyl (C=O) groups is 6. The van der Waals surface area contributed by atoms with Crippen LogP contribution in [0.1, 0.15) is 222 Å². The van der Waals surface area contributed by atoms with E-state index in [0.29, 0.717) is 116 Å². The van der Waals surface area contributed by atoms with E-state index in [-0.39, 0.29) is 164 Å². The first-order valence-electron chi connectivity index (χ1n) is 47.5. The minimum atomic E-state index is -3.40.